The minimum absolute atomic E-state index is 0.149. The number of non-ortho nitro benzene ring substituents is 1. The number of piperidine rings is 1. The molecule has 0 radical (unpaired) electrons. The summed E-state index contributed by atoms with van der Waals surface area (Å²) in [5.41, 5.74) is -0.708. The fraction of sp³-hybridized carbons (Fsp3) is 0.538. The van der Waals surface area contributed by atoms with Gasteiger partial charge in [-0.05, 0) is 18.3 Å². The summed E-state index contributed by atoms with van der Waals surface area (Å²) >= 11 is 0. The molecule has 1 saturated heterocycles. The molecule has 0 unspecified atom stereocenters. The number of nitro groups is 1. The molecule has 1 heterocycles. The van der Waals surface area contributed by atoms with Crippen molar-refractivity contribution in [1.82, 2.24) is 0 Å². The van der Waals surface area contributed by atoms with Crippen molar-refractivity contribution in [3.8, 4) is 0 Å². The van der Waals surface area contributed by atoms with E-state index in [4.69, 9.17) is 0 Å². The Morgan fingerprint density at radius 3 is 2.11 bits per heavy atom. The minimum Gasteiger partial charge on any atom is -0.366 e. The van der Waals surface area contributed by atoms with E-state index in [0.29, 0.717) is 24.9 Å². The van der Waals surface area contributed by atoms with Gasteiger partial charge >= 0.3 is 0 Å². The van der Waals surface area contributed by atoms with Gasteiger partial charge in [0.1, 0.15) is 5.69 Å². The first-order chi connectivity index (χ1) is 8.88. The number of benzene rings is 1. The highest BCUT2D eigenvalue weighted by atomic mass is 19.1. The van der Waals surface area contributed by atoms with E-state index in [2.05, 4.69) is 0 Å². The highest BCUT2D eigenvalue weighted by Gasteiger charge is 2.27. The van der Waals surface area contributed by atoms with Crippen LogP contribution in [0.2, 0.25) is 0 Å². The maximum Gasteiger partial charge on any atom is 0.275 e. The maximum absolute atomic E-state index is 13.9. The molecule has 2 atom stereocenters. The van der Waals surface area contributed by atoms with Crippen LogP contribution in [0.15, 0.2) is 12.1 Å². The quantitative estimate of drug-likeness (QED) is 0.611. The van der Waals surface area contributed by atoms with Crippen LogP contribution in [-0.4, -0.2) is 18.0 Å². The molecule has 0 aliphatic carbocycles. The molecule has 0 bridgehead atoms. The van der Waals surface area contributed by atoms with Crippen LogP contribution >= 0.6 is 0 Å². The summed E-state index contributed by atoms with van der Waals surface area (Å²) in [6.45, 7) is 5.19. The monoisotopic (exact) mass is 270 g/mol. The Labute approximate surface area is 110 Å². The number of nitro benzene ring substituents is 1. The first-order valence-corrected chi connectivity index (χ1v) is 6.27. The molecular formula is C13H16F2N2O2. The smallest absolute Gasteiger partial charge is 0.275 e. The zero-order chi connectivity index (χ0) is 14.2. The predicted molar refractivity (Wildman–Crippen MR) is 68.2 cm³/mol. The van der Waals surface area contributed by atoms with Gasteiger partial charge < -0.3 is 4.90 Å². The molecule has 1 aliphatic heterocycles. The second-order valence-corrected chi connectivity index (χ2v) is 5.37. The van der Waals surface area contributed by atoms with E-state index in [9.17, 15) is 18.9 Å². The molecule has 4 nitrogen and oxygen atoms in total. The topological polar surface area (TPSA) is 46.4 Å². The van der Waals surface area contributed by atoms with Crippen LogP contribution in [0.3, 0.4) is 0 Å². The molecule has 0 saturated carbocycles. The van der Waals surface area contributed by atoms with Crippen LogP contribution in [0.5, 0.6) is 0 Å². The average Bonchev–Trinajstić information content (AvgIpc) is 2.26. The summed E-state index contributed by atoms with van der Waals surface area (Å²) in [5.74, 6) is -1.04. The van der Waals surface area contributed by atoms with Gasteiger partial charge in [0.2, 0.25) is 0 Å². The summed E-state index contributed by atoms with van der Waals surface area (Å²) in [6, 6.07) is 1.56. The zero-order valence-corrected chi connectivity index (χ0v) is 10.9. The third kappa shape index (κ3) is 2.83. The number of nitrogens with zero attached hydrogens (tertiary/aromatic N) is 2. The van der Waals surface area contributed by atoms with Crippen molar-refractivity contribution < 1.29 is 13.7 Å². The fourth-order valence-electron chi connectivity index (χ4n) is 2.81. The van der Waals surface area contributed by atoms with Crippen molar-refractivity contribution in [2.24, 2.45) is 11.8 Å². The summed E-state index contributed by atoms with van der Waals surface area (Å²) in [7, 11) is 0. The first-order valence-electron chi connectivity index (χ1n) is 6.27. The van der Waals surface area contributed by atoms with Crippen molar-refractivity contribution in [3.05, 3.63) is 33.9 Å². The van der Waals surface area contributed by atoms with Gasteiger partial charge in [-0.2, -0.15) is 0 Å². The van der Waals surface area contributed by atoms with Gasteiger partial charge in [0.05, 0.1) is 17.1 Å². The zero-order valence-electron chi connectivity index (χ0n) is 10.9. The lowest BCUT2D eigenvalue weighted by molar-refractivity contribution is -0.385. The van der Waals surface area contributed by atoms with Crippen LogP contribution in [0.25, 0.3) is 0 Å². The summed E-state index contributed by atoms with van der Waals surface area (Å²) in [4.78, 5) is 11.4. The fourth-order valence-corrected chi connectivity index (χ4v) is 2.81. The van der Waals surface area contributed by atoms with Crippen molar-refractivity contribution >= 4 is 11.4 Å². The van der Waals surface area contributed by atoms with Crippen molar-refractivity contribution in [3.63, 3.8) is 0 Å². The van der Waals surface area contributed by atoms with Gasteiger partial charge in [0.15, 0.2) is 11.6 Å². The largest absolute Gasteiger partial charge is 0.366 e. The molecule has 19 heavy (non-hydrogen) atoms. The van der Waals surface area contributed by atoms with Gasteiger partial charge in [0, 0.05) is 13.1 Å². The minimum atomic E-state index is -0.868. The third-order valence-electron chi connectivity index (χ3n) is 3.40. The van der Waals surface area contributed by atoms with E-state index in [1.54, 1.807) is 4.90 Å². The van der Waals surface area contributed by atoms with E-state index in [-0.39, 0.29) is 5.69 Å². The molecule has 1 aliphatic rings. The second kappa shape index (κ2) is 5.11. The van der Waals surface area contributed by atoms with Crippen molar-refractivity contribution in [2.45, 2.75) is 20.3 Å². The van der Waals surface area contributed by atoms with Gasteiger partial charge in [-0.15, -0.1) is 0 Å². The van der Waals surface area contributed by atoms with E-state index < -0.39 is 22.2 Å². The highest BCUT2D eigenvalue weighted by molar-refractivity contribution is 5.54. The van der Waals surface area contributed by atoms with Gasteiger partial charge in [-0.25, -0.2) is 8.78 Å². The molecule has 0 aromatic heterocycles. The van der Waals surface area contributed by atoms with Gasteiger partial charge in [0.25, 0.3) is 5.69 Å². The lowest BCUT2D eigenvalue weighted by Gasteiger charge is -2.36. The summed E-state index contributed by atoms with van der Waals surface area (Å²) < 4.78 is 27.8. The van der Waals surface area contributed by atoms with Crippen LogP contribution in [0, 0.1) is 33.6 Å². The number of hydrogen-bond donors (Lipinski definition) is 0. The molecule has 0 spiro atoms. The maximum atomic E-state index is 13.9. The van der Waals surface area contributed by atoms with Gasteiger partial charge in [-0.3, -0.25) is 10.1 Å². The molecule has 1 aromatic carbocycles. The van der Waals surface area contributed by atoms with Crippen LogP contribution in [-0.2, 0) is 0 Å². The highest BCUT2D eigenvalue weighted by Crippen LogP contribution is 2.32. The average molecular weight is 270 g/mol. The molecular weight excluding hydrogens is 254 g/mol. The number of anilines is 1. The van der Waals surface area contributed by atoms with Crippen LogP contribution < -0.4 is 4.90 Å². The Balaban J connectivity index is 2.37. The van der Waals surface area contributed by atoms with Gasteiger partial charge in [-0.1, -0.05) is 13.8 Å². The second-order valence-electron chi connectivity index (χ2n) is 5.37. The Hall–Kier alpha value is -1.72. The normalized spacial score (nSPS) is 23.5. The first kappa shape index (κ1) is 13.7. The summed E-state index contributed by atoms with van der Waals surface area (Å²) in [6.07, 6.45) is 1.02. The predicted octanol–water partition coefficient (Wildman–Crippen LogP) is 3.36. The Kier molecular flexibility index (Phi) is 3.68. The molecule has 0 amide bonds. The van der Waals surface area contributed by atoms with Crippen molar-refractivity contribution in [1.29, 1.82) is 0 Å². The molecule has 0 N–H and O–H groups in total. The molecule has 6 heteroatoms. The Morgan fingerprint density at radius 1 is 1.21 bits per heavy atom. The van der Waals surface area contributed by atoms with E-state index in [0.717, 1.165) is 18.6 Å². The molecule has 1 aromatic rings. The molecule has 1 fully saturated rings. The van der Waals surface area contributed by atoms with E-state index in [1.165, 1.54) is 0 Å². The van der Waals surface area contributed by atoms with E-state index in [1.807, 2.05) is 13.8 Å². The SMILES string of the molecule is C[C@@H]1C[C@H](C)CN(c2c(F)cc([N+](=O)[O-])cc2F)C1. The van der Waals surface area contributed by atoms with E-state index >= 15 is 0 Å². The lowest BCUT2D eigenvalue weighted by atomic mass is 9.91. The number of rotatable bonds is 2. The number of halogens is 2. The Bertz CT molecular complexity index is 474. The lowest BCUT2D eigenvalue weighted by Crippen LogP contribution is -2.39. The third-order valence-corrected chi connectivity index (χ3v) is 3.40. The Morgan fingerprint density at radius 2 is 1.68 bits per heavy atom. The number of hydrogen-bond acceptors (Lipinski definition) is 3. The van der Waals surface area contributed by atoms with Crippen LogP contribution in [0.4, 0.5) is 20.2 Å². The summed E-state index contributed by atoms with van der Waals surface area (Å²) in [5, 5.41) is 10.6. The molecule has 2 rings (SSSR count). The standard InChI is InChI=1S/C13H16F2N2O2/c1-8-3-9(2)7-16(6-8)13-11(14)4-10(17(18)19)5-12(13)15/h4-5,8-9H,3,6-7H2,1-2H3/t8-,9+. The molecule has 104 valence electrons. The van der Waals surface area contributed by atoms with Crippen LogP contribution in [0.1, 0.15) is 20.3 Å². The van der Waals surface area contributed by atoms with Crippen molar-refractivity contribution in [2.75, 3.05) is 18.0 Å².